The second-order valence-corrected chi connectivity index (χ2v) is 3.37. The fourth-order valence-corrected chi connectivity index (χ4v) is 1.51. The van der Waals surface area contributed by atoms with Gasteiger partial charge in [0.15, 0.2) is 0 Å². The van der Waals surface area contributed by atoms with E-state index in [2.05, 4.69) is 19.2 Å². The summed E-state index contributed by atoms with van der Waals surface area (Å²) in [5, 5.41) is 18.4. The minimum absolute atomic E-state index is 0.409. The Labute approximate surface area is 90.8 Å². The Morgan fingerprint density at radius 2 is 2.20 bits per heavy atom. The smallest absolute Gasteiger partial charge is 0.423 e. The zero-order valence-corrected chi connectivity index (χ0v) is 8.69. The van der Waals surface area contributed by atoms with Gasteiger partial charge in [0.2, 0.25) is 0 Å². The molecule has 2 nitrogen and oxygen atoms in total. The normalized spacial score (nSPS) is 15.9. The predicted octanol–water partition coefficient (Wildman–Crippen LogP) is 1.94. The molecule has 0 atom stereocenters. The molecule has 0 heterocycles. The van der Waals surface area contributed by atoms with Gasteiger partial charge in [0.25, 0.3) is 0 Å². The van der Waals surface area contributed by atoms with E-state index < -0.39 is 7.12 Å². The van der Waals surface area contributed by atoms with Crippen LogP contribution >= 0.6 is 0 Å². The summed E-state index contributed by atoms with van der Waals surface area (Å²) in [5.74, 6) is 0. The third-order valence-corrected chi connectivity index (χ3v) is 2.33. The SMILES string of the molecule is C=C/C=C(/B(O)O)C(=C)C1=CC=CCC1. The molecule has 0 saturated carbocycles. The van der Waals surface area contributed by atoms with Gasteiger partial charge in [-0.2, -0.15) is 0 Å². The van der Waals surface area contributed by atoms with E-state index in [1.807, 2.05) is 12.2 Å². The summed E-state index contributed by atoms with van der Waals surface area (Å²) in [4.78, 5) is 0. The first-order chi connectivity index (χ1) is 7.16. The van der Waals surface area contributed by atoms with Crippen molar-refractivity contribution < 1.29 is 10.0 Å². The molecule has 0 spiro atoms. The molecule has 78 valence electrons. The summed E-state index contributed by atoms with van der Waals surface area (Å²) in [6.45, 7) is 7.42. The zero-order chi connectivity index (χ0) is 11.3. The fraction of sp³-hybridized carbons (Fsp3) is 0.167. The van der Waals surface area contributed by atoms with Gasteiger partial charge in [0, 0.05) is 0 Å². The van der Waals surface area contributed by atoms with Crippen LogP contribution in [0.2, 0.25) is 0 Å². The Morgan fingerprint density at radius 1 is 1.47 bits per heavy atom. The number of hydrogen-bond donors (Lipinski definition) is 2. The summed E-state index contributed by atoms with van der Waals surface area (Å²) in [6, 6.07) is 0. The monoisotopic (exact) mass is 202 g/mol. The van der Waals surface area contributed by atoms with Crippen LogP contribution in [-0.4, -0.2) is 17.2 Å². The van der Waals surface area contributed by atoms with E-state index in [9.17, 15) is 10.0 Å². The van der Waals surface area contributed by atoms with Crippen LogP contribution in [0, 0.1) is 0 Å². The largest absolute Gasteiger partial charge is 0.489 e. The molecular weight excluding hydrogens is 187 g/mol. The van der Waals surface area contributed by atoms with Crippen molar-refractivity contribution in [1.82, 2.24) is 0 Å². The van der Waals surface area contributed by atoms with Gasteiger partial charge < -0.3 is 10.0 Å². The zero-order valence-electron chi connectivity index (χ0n) is 8.69. The molecule has 3 heteroatoms. The van der Waals surface area contributed by atoms with Crippen molar-refractivity contribution in [3.63, 3.8) is 0 Å². The first-order valence-corrected chi connectivity index (χ1v) is 4.91. The van der Waals surface area contributed by atoms with Crippen molar-refractivity contribution in [3.8, 4) is 0 Å². The average molecular weight is 202 g/mol. The molecule has 0 aromatic carbocycles. The lowest BCUT2D eigenvalue weighted by Crippen LogP contribution is -2.17. The molecule has 0 aromatic heterocycles. The van der Waals surface area contributed by atoms with Crippen molar-refractivity contribution in [2.24, 2.45) is 0 Å². The van der Waals surface area contributed by atoms with Gasteiger partial charge in [-0.05, 0) is 29.5 Å². The van der Waals surface area contributed by atoms with Crippen LogP contribution in [0.25, 0.3) is 0 Å². The Bertz CT molecular complexity index is 349. The maximum absolute atomic E-state index is 9.18. The first-order valence-electron chi connectivity index (χ1n) is 4.91. The lowest BCUT2D eigenvalue weighted by atomic mass is 9.72. The topological polar surface area (TPSA) is 40.5 Å². The molecule has 15 heavy (non-hydrogen) atoms. The van der Waals surface area contributed by atoms with Crippen LogP contribution in [0.3, 0.4) is 0 Å². The van der Waals surface area contributed by atoms with Crippen LogP contribution in [0.4, 0.5) is 0 Å². The van der Waals surface area contributed by atoms with Gasteiger partial charge in [0.05, 0.1) is 0 Å². The van der Waals surface area contributed by atoms with Crippen LogP contribution in [0.5, 0.6) is 0 Å². The highest BCUT2D eigenvalue weighted by atomic mass is 16.4. The van der Waals surface area contributed by atoms with E-state index in [-0.39, 0.29) is 0 Å². The van der Waals surface area contributed by atoms with E-state index in [1.165, 1.54) is 6.08 Å². The molecule has 1 aliphatic carbocycles. The van der Waals surface area contributed by atoms with Crippen molar-refractivity contribution >= 4 is 7.12 Å². The Hall–Kier alpha value is -1.32. The molecule has 0 unspecified atom stereocenters. The van der Waals surface area contributed by atoms with Gasteiger partial charge in [0.1, 0.15) is 0 Å². The predicted molar refractivity (Wildman–Crippen MR) is 64.1 cm³/mol. The molecule has 0 radical (unpaired) electrons. The van der Waals surface area contributed by atoms with Crippen LogP contribution in [-0.2, 0) is 0 Å². The van der Waals surface area contributed by atoms with Crippen molar-refractivity contribution in [3.05, 3.63) is 60.2 Å². The average Bonchev–Trinajstić information content (AvgIpc) is 2.26. The van der Waals surface area contributed by atoms with E-state index >= 15 is 0 Å². The summed E-state index contributed by atoms with van der Waals surface area (Å²) < 4.78 is 0. The second-order valence-electron chi connectivity index (χ2n) is 3.37. The molecular formula is C12H15BO2. The van der Waals surface area contributed by atoms with Gasteiger partial charge >= 0.3 is 7.12 Å². The van der Waals surface area contributed by atoms with E-state index in [0.29, 0.717) is 11.0 Å². The summed E-state index contributed by atoms with van der Waals surface area (Å²) in [6.07, 6.45) is 10.9. The van der Waals surface area contributed by atoms with E-state index in [4.69, 9.17) is 0 Å². The first kappa shape index (κ1) is 11.8. The third-order valence-electron chi connectivity index (χ3n) is 2.33. The molecule has 0 aliphatic heterocycles. The van der Waals surface area contributed by atoms with Crippen molar-refractivity contribution in [2.75, 3.05) is 0 Å². The van der Waals surface area contributed by atoms with E-state index in [1.54, 1.807) is 6.08 Å². The third kappa shape index (κ3) is 3.08. The van der Waals surface area contributed by atoms with Gasteiger partial charge in [-0.1, -0.05) is 43.5 Å². The molecule has 1 rings (SSSR count). The fourth-order valence-electron chi connectivity index (χ4n) is 1.51. The molecule has 1 aliphatic rings. The Morgan fingerprint density at radius 3 is 2.67 bits per heavy atom. The standard InChI is InChI=1S/C12H15BO2/c1-3-7-12(13(14)15)10(2)11-8-5-4-6-9-11/h3-5,7-8,14-15H,1-2,6,9H2/b12-7+. The lowest BCUT2D eigenvalue weighted by Gasteiger charge is -2.14. The molecule has 0 saturated heterocycles. The quantitative estimate of drug-likeness (QED) is 0.540. The Balaban J connectivity index is 2.90. The minimum atomic E-state index is -1.50. The number of hydrogen-bond acceptors (Lipinski definition) is 2. The summed E-state index contributed by atoms with van der Waals surface area (Å²) >= 11 is 0. The maximum atomic E-state index is 9.18. The van der Waals surface area contributed by atoms with Gasteiger partial charge in [-0.15, -0.1) is 0 Å². The molecule has 0 bridgehead atoms. The highest BCUT2D eigenvalue weighted by Crippen LogP contribution is 2.25. The van der Waals surface area contributed by atoms with Gasteiger partial charge in [-0.25, -0.2) is 0 Å². The number of rotatable bonds is 4. The second kappa shape index (κ2) is 5.54. The minimum Gasteiger partial charge on any atom is -0.423 e. The van der Waals surface area contributed by atoms with Gasteiger partial charge in [-0.3, -0.25) is 0 Å². The van der Waals surface area contributed by atoms with Crippen molar-refractivity contribution in [2.45, 2.75) is 12.8 Å². The maximum Gasteiger partial charge on any atom is 0.489 e. The highest BCUT2D eigenvalue weighted by Gasteiger charge is 2.19. The molecule has 2 N–H and O–H groups in total. The molecule has 0 fully saturated rings. The lowest BCUT2D eigenvalue weighted by molar-refractivity contribution is 0.420. The van der Waals surface area contributed by atoms with Crippen LogP contribution < -0.4 is 0 Å². The molecule has 0 aromatic rings. The Kier molecular flexibility index (Phi) is 4.34. The summed E-state index contributed by atoms with van der Waals surface area (Å²) in [5.41, 5.74) is 2.12. The number of allylic oxidation sites excluding steroid dienone is 8. The van der Waals surface area contributed by atoms with E-state index in [0.717, 1.165) is 18.4 Å². The molecule has 0 amide bonds. The van der Waals surface area contributed by atoms with Crippen LogP contribution in [0.1, 0.15) is 12.8 Å². The van der Waals surface area contributed by atoms with Crippen LogP contribution in [0.15, 0.2) is 60.2 Å². The highest BCUT2D eigenvalue weighted by molar-refractivity contribution is 6.52. The van der Waals surface area contributed by atoms with Crippen molar-refractivity contribution in [1.29, 1.82) is 0 Å². The summed E-state index contributed by atoms with van der Waals surface area (Å²) in [7, 11) is -1.50.